The molecule has 0 aromatic heterocycles. The Morgan fingerprint density at radius 3 is 2.88 bits per heavy atom. The van der Waals surface area contributed by atoms with Crippen molar-refractivity contribution >= 4 is 17.5 Å². The summed E-state index contributed by atoms with van der Waals surface area (Å²) in [7, 11) is 0. The van der Waals surface area contributed by atoms with E-state index in [1.165, 1.54) is 12.1 Å². The Labute approximate surface area is 140 Å². The number of ether oxygens (including phenoxy) is 1. The van der Waals surface area contributed by atoms with Crippen molar-refractivity contribution < 1.29 is 31.9 Å². The third-order valence-corrected chi connectivity index (χ3v) is 3.52. The lowest BCUT2D eigenvalue weighted by atomic mass is 10.0. The summed E-state index contributed by atoms with van der Waals surface area (Å²) < 4.78 is 55.6. The van der Waals surface area contributed by atoms with Gasteiger partial charge in [-0.1, -0.05) is 17.7 Å². The molecule has 2 rings (SSSR count). The van der Waals surface area contributed by atoms with E-state index in [1.54, 1.807) is 5.48 Å². The standard InChI is InChI=1S/C14H15ClF4N2O3/c15-9-2-1-8(5-10(9)16)13-11(7-20-3-4-23-13)24-21-12(22)6-14(17,18)19/h1-2,5,11,13,20H,3-4,6-7H2,(H,21,22). The monoisotopic (exact) mass is 370 g/mol. The van der Waals surface area contributed by atoms with Gasteiger partial charge in [-0.2, -0.15) is 13.2 Å². The molecule has 134 valence electrons. The number of benzene rings is 1. The lowest BCUT2D eigenvalue weighted by Crippen LogP contribution is -2.39. The second kappa shape index (κ2) is 8.11. The first-order chi connectivity index (χ1) is 11.3. The summed E-state index contributed by atoms with van der Waals surface area (Å²) in [4.78, 5) is 16.3. The Bertz CT molecular complexity index is 586. The molecule has 1 aliphatic rings. The molecule has 1 aromatic rings. The molecule has 0 bridgehead atoms. The number of hydroxylamine groups is 1. The van der Waals surface area contributed by atoms with Gasteiger partial charge in [0.25, 0.3) is 5.91 Å². The van der Waals surface area contributed by atoms with Crippen LogP contribution < -0.4 is 10.8 Å². The van der Waals surface area contributed by atoms with Crippen LogP contribution in [0, 0.1) is 5.82 Å². The van der Waals surface area contributed by atoms with Gasteiger partial charge < -0.3 is 10.1 Å². The molecule has 2 unspecified atom stereocenters. The van der Waals surface area contributed by atoms with Crippen LogP contribution in [-0.4, -0.2) is 37.9 Å². The topological polar surface area (TPSA) is 59.6 Å². The molecule has 1 aliphatic heterocycles. The van der Waals surface area contributed by atoms with Crippen LogP contribution in [0.4, 0.5) is 17.6 Å². The Kier molecular flexibility index (Phi) is 6.39. The lowest BCUT2D eigenvalue weighted by molar-refractivity contribution is -0.170. The third-order valence-electron chi connectivity index (χ3n) is 3.22. The minimum Gasteiger partial charge on any atom is -0.369 e. The maximum absolute atomic E-state index is 13.6. The SMILES string of the molecule is O=C(CC(F)(F)F)NOC1CNCCOC1c1ccc(Cl)c(F)c1. The molecule has 0 spiro atoms. The van der Waals surface area contributed by atoms with Crippen molar-refractivity contribution in [1.29, 1.82) is 0 Å². The first-order valence-corrected chi connectivity index (χ1v) is 7.42. The maximum Gasteiger partial charge on any atom is 0.397 e. The number of alkyl halides is 3. The van der Waals surface area contributed by atoms with Crippen molar-refractivity contribution in [2.75, 3.05) is 19.7 Å². The number of amides is 1. The van der Waals surface area contributed by atoms with Gasteiger partial charge in [-0.3, -0.25) is 9.63 Å². The Morgan fingerprint density at radius 1 is 1.46 bits per heavy atom. The fourth-order valence-corrected chi connectivity index (χ4v) is 2.30. The highest BCUT2D eigenvalue weighted by Crippen LogP contribution is 2.27. The summed E-state index contributed by atoms with van der Waals surface area (Å²) in [5.74, 6) is -1.98. The highest BCUT2D eigenvalue weighted by Gasteiger charge is 2.33. The highest BCUT2D eigenvalue weighted by atomic mass is 35.5. The van der Waals surface area contributed by atoms with Crippen molar-refractivity contribution in [2.24, 2.45) is 0 Å². The molecule has 0 aliphatic carbocycles. The van der Waals surface area contributed by atoms with Crippen LogP contribution in [0.1, 0.15) is 18.1 Å². The van der Waals surface area contributed by atoms with E-state index in [2.05, 4.69) is 5.32 Å². The van der Waals surface area contributed by atoms with E-state index in [9.17, 15) is 22.4 Å². The summed E-state index contributed by atoms with van der Waals surface area (Å²) in [6.07, 6.45) is -7.92. The van der Waals surface area contributed by atoms with Crippen molar-refractivity contribution in [3.63, 3.8) is 0 Å². The number of nitrogens with one attached hydrogen (secondary N) is 2. The van der Waals surface area contributed by atoms with Gasteiger partial charge in [-0.05, 0) is 17.7 Å². The minimum atomic E-state index is -4.63. The molecule has 5 nitrogen and oxygen atoms in total. The number of carbonyl (C=O) groups excluding carboxylic acids is 1. The molecule has 10 heteroatoms. The van der Waals surface area contributed by atoms with E-state index in [4.69, 9.17) is 21.2 Å². The maximum atomic E-state index is 13.6. The van der Waals surface area contributed by atoms with E-state index in [0.29, 0.717) is 12.1 Å². The Hall–Kier alpha value is -1.42. The predicted molar refractivity (Wildman–Crippen MR) is 76.7 cm³/mol. The van der Waals surface area contributed by atoms with Crippen molar-refractivity contribution in [2.45, 2.75) is 24.8 Å². The fourth-order valence-electron chi connectivity index (χ4n) is 2.18. The molecule has 1 fully saturated rings. The quantitative estimate of drug-likeness (QED) is 0.631. The minimum absolute atomic E-state index is 0.0681. The van der Waals surface area contributed by atoms with E-state index >= 15 is 0 Å². The summed E-state index contributed by atoms with van der Waals surface area (Å²) in [5.41, 5.74) is 2.16. The van der Waals surface area contributed by atoms with Crippen LogP contribution in [0.5, 0.6) is 0 Å². The van der Waals surface area contributed by atoms with Crippen LogP contribution in [0.3, 0.4) is 0 Å². The van der Waals surface area contributed by atoms with Crippen LogP contribution in [0.2, 0.25) is 5.02 Å². The molecule has 24 heavy (non-hydrogen) atoms. The van der Waals surface area contributed by atoms with Crippen molar-refractivity contribution in [3.8, 4) is 0 Å². The normalized spacial score (nSPS) is 22.0. The molecular formula is C14H15ClF4N2O3. The zero-order valence-corrected chi connectivity index (χ0v) is 13.1. The van der Waals surface area contributed by atoms with Crippen molar-refractivity contribution in [1.82, 2.24) is 10.8 Å². The average Bonchev–Trinajstić information content (AvgIpc) is 2.71. The molecule has 1 saturated heterocycles. The number of rotatable bonds is 4. The molecule has 1 amide bonds. The number of hydrogen-bond acceptors (Lipinski definition) is 4. The first-order valence-electron chi connectivity index (χ1n) is 7.05. The molecule has 1 heterocycles. The van der Waals surface area contributed by atoms with Crippen LogP contribution in [-0.2, 0) is 14.4 Å². The van der Waals surface area contributed by atoms with Crippen LogP contribution >= 0.6 is 11.6 Å². The number of halogens is 5. The molecular weight excluding hydrogens is 356 g/mol. The fraction of sp³-hybridized carbons (Fsp3) is 0.500. The summed E-state index contributed by atoms with van der Waals surface area (Å²) in [6.45, 7) is 0.954. The zero-order valence-electron chi connectivity index (χ0n) is 12.3. The van der Waals surface area contributed by atoms with Gasteiger partial charge in [0.15, 0.2) is 0 Å². The summed E-state index contributed by atoms with van der Waals surface area (Å²) in [5, 5.41) is 2.88. The number of carbonyl (C=O) groups is 1. The van der Waals surface area contributed by atoms with Gasteiger partial charge >= 0.3 is 6.18 Å². The Morgan fingerprint density at radius 2 is 2.21 bits per heavy atom. The highest BCUT2D eigenvalue weighted by molar-refractivity contribution is 6.30. The molecule has 2 N–H and O–H groups in total. The van der Waals surface area contributed by atoms with Gasteiger partial charge in [0.2, 0.25) is 0 Å². The molecule has 1 aromatic carbocycles. The van der Waals surface area contributed by atoms with Gasteiger partial charge in [0.1, 0.15) is 24.4 Å². The van der Waals surface area contributed by atoms with Gasteiger partial charge in [0.05, 0.1) is 11.6 Å². The molecule has 2 atom stereocenters. The van der Waals surface area contributed by atoms with Crippen molar-refractivity contribution in [3.05, 3.63) is 34.6 Å². The van der Waals surface area contributed by atoms with E-state index in [1.807, 2.05) is 0 Å². The van der Waals surface area contributed by atoms with Crippen LogP contribution in [0.25, 0.3) is 0 Å². The Balaban J connectivity index is 2.06. The largest absolute Gasteiger partial charge is 0.397 e. The van der Waals surface area contributed by atoms with E-state index in [-0.39, 0.29) is 18.2 Å². The van der Waals surface area contributed by atoms with Gasteiger partial charge in [-0.15, -0.1) is 0 Å². The predicted octanol–water partition coefficient (Wildman–Crippen LogP) is 2.51. The second-order valence-corrected chi connectivity index (χ2v) is 5.55. The average molecular weight is 371 g/mol. The van der Waals surface area contributed by atoms with E-state index in [0.717, 1.165) is 6.07 Å². The smallest absolute Gasteiger partial charge is 0.369 e. The second-order valence-electron chi connectivity index (χ2n) is 5.14. The summed E-state index contributed by atoms with van der Waals surface area (Å²) in [6, 6.07) is 4.02. The number of hydrogen-bond donors (Lipinski definition) is 2. The third kappa shape index (κ3) is 5.59. The first kappa shape index (κ1) is 18.9. The lowest BCUT2D eigenvalue weighted by Gasteiger charge is -2.25. The van der Waals surface area contributed by atoms with Gasteiger partial charge in [-0.25, -0.2) is 9.87 Å². The van der Waals surface area contributed by atoms with Gasteiger partial charge in [0, 0.05) is 13.1 Å². The summed E-state index contributed by atoms with van der Waals surface area (Å²) >= 11 is 5.63. The van der Waals surface area contributed by atoms with E-state index < -0.39 is 36.5 Å². The molecule has 0 saturated carbocycles. The zero-order chi connectivity index (χ0) is 17.7. The molecule has 0 radical (unpaired) electrons. The van der Waals surface area contributed by atoms with Crippen LogP contribution in [0.15, 0.2) is 18.2 Å².